The number of halogens is 3. The number of alkyl halides is 1. The zero-order chi connectivity index (χ0) is 9.14. The third-order valence-electron chi connectivity index (χ3n) is 1.54. The van der Waals surface area contributed by atoms with Gasteiger partial charge in [-0.25, -0.2) is 8.78 Å². The number of hydrogen-bond acceptors (Lipinski definition) is 1. The molecule has 0 aromatic heterocycles. The molecule has 0 amide bonds. The van der Waals surface area contributed by atoms with Crippen molar-refractivity contribution in [2.75, 3.05) is 6.67 Å². The van der Waals surface area contributed by atoms with Crippen LogP contribution in [-0.4, -0.2) is 6.67 Å². The molecule has 0 aliphatic carbocycles. The van der Waals surface area contributed by atoms with Crippen molar-refractivity contribution in [3.05, 3.63) is 34.1 Å². The summed E-state index contributed by atoms with van der Waals surface area (Å²) in [5, 5.41) is 0. The van der Waals surface area contributed by atoms with Gasteiger partial charge >= 0.3 is 0 Å². The minimum absolute atomic E-state index is 0.359. The van der Waals surface area contributed by atoms with Gasteiger partial charge in [0, 0.05) is 0 Å². The van der Waals surface area contributed by atoms with Gasteiger partial charge in [0.25, 0.3) is 0 Å². The molecule has 1 aromatic rings. The van der Waals surface area contributed by atoms with Crippen LogP contribution in [-0.2, 0) is 0 Å². The highest BCUT2D eigenvalue weighted by molar-refractivity contribution is 9.10. The van der Waals surface area contributed by atoms with Gasteiger partial charge in [-0.05, 0) is 33.6 Å². The second kappa shape index (κ2) is 3.96. The summed E-state index contributed by atoms with van der Waals surface area (Å²) in [5.74, 6) is -0.420. The van der Waals surface area contributed by atoms with Crippen molar-refractivity contribution in [1.82, 2.24) is 0 Å². The zero-order valence-electron chi connectivity index (χ0n) is 6.23. The number of nitrogens with two attached hydrogens (primary N) is 1. The van der Waals surface area contributed by atoms with E-state index in [9.17, 15) is 8.78 Å². The Morgan fingerprint density at radius 1 is 1.50 bits per heavy atom. The van der Waals surface area contributed by atoms with Crippen molar-refractivity contribution in [2.45, 2.75) is 6.04 Å². The van der Waals surface area contributed by atoms with Gasteiger partial charge in [-0.1, -0.05) is 6.07 Å². The lowest BCUT2D eigenvalue weighted by Gasteiger charge is -2.07. The summed E-state index contributed by atoms with van der Waals surface area (Å²) in [7, 11) is 0. The average molecular weight is 236 g/mol. The molecular weight excluding hydrogens is 228 g/mol. The fraction of sp³-hybridized carbons (Fsp3) is 0.250. The first kappa shape index (κ1) is 9.61. The smallest absolute Gasteiger partial charge is 0.137 e. The molecule has 0 fully saturated rings. The Labute approximate surface area is 77.7 Å². The summed E-state index contributed by atoms with van der Waals surface area (Å²) in [5.41, 5.74) is 5.83. The van der Waals surface area contributed by atoms with Crippen molar-refractivity contribution < 1.29 is 8.78 Å². The molecule has 0 heterocycles. The van der Waals surface area contributed by atoms with Crippen LogP contribution in [0.5, 0.6) is 0 Å². The molecule has 12 heavy (non-hydrogen) atoms. The summed E-state index contributed by atoms with van der Waals surface area (Å²) in [6, 6.07) is 3.61. The van der Waals surface area contributed by atoms with Crippen LogP contribution >= 0.6 is 15.9 Å². The molecule has 0 saturated heterocycles. The first-order valence-corrected chi connectivity index (χ1v) is 4.21. The Morgan fingerprint density at radius 2 is 2.17 bits per heavy atom. The Bertz CT molecular complexity index is 278. The summed E-state index contributed by atoms with van der Waals surface area (Å²) in [6.45, 7) is -0.679. The molecule has 0 bridgehead atoms. The van der Waals surface area contributed by atoms with Gasteiger partial charge in [-0.3, -0.25) is 0 Å². The molecule has 0 aliphatic rings. The van der Waals surface area contributed by atoms with Gasteiger partial charge in [-0.15, -0.1) is 0 Å². The van der Waals surface area contributed by atoms with Crippen LogP contribution in [0.25, 0.3) is 0 Å². The number of rotatable bonds is 2. The van der Waals surface area contributed by atoms with Crippen molar-refractivity contribution in [3.63, 3.8) is 0 Å². The third kappa shape index (κ3) is 2.01. The number of benzene rings is 1. The molecule has 0 saturated carbocycles. The first-order valence-electron chi connectivity index (χ1n) is 3.41. The average Bonchev–Trinajstić information content (AvgIpc) is 2.08. The van der Waals surface area contributed by atoms with E-state index in [0.717, 1.165) is 0 Å². The topological polar surface area (TPSA) is 26.0 Å². The van der Waals surface area contributed by atoms with Crippen molar-refractivity contribution in [3.8, 4) is 0 Å². The number of hydrogen-bond donors (Lipinski definition) is 1. The van der Waals surface area contributed by atoms with Gasteiger partial charge in [0.1, 0.15) is 12.5 Å². The predicted molar refractivity (Wildman–Crippen MR) is 47.0 cm³/mol. The second-order valence-electron chi connectivity index (χ2n) is 2.43. The van der Waals surface area contributed by atoms with Crippen LogP contribution in [0.3, 0.4) is 0 Å². The Hall–Kier alpha value is -0.480. The normalized spacial score (nSPS) is 13.0. The quantitative estimate of drug-likeness (QED) is 0.838. The van der Waals surface area contributed by atoms with E-state index >= 15 is 0 Å². The van der Waals surface area contributed by atoms with Crippen LogP contribution in [0.2, 0.25) is 0 Å². The van der Waals surface area contributed by atoms with Gasteiger partial charge < -0.3 is 5.73 Å². The molecule has 0 spiro atoms. The molecule has 1 nitrogen and oxygen atoms in total. The highest BCUT2D eigenvalue weighted by Gasteiger charge is 2.07. The molecular formula is C8H8BrF2N. The lowest BCUT2D eigenvalue weighted by Crippen LogP contribution is -2.12. The predicted octanol–water partition coefficient (Wildman–Crippen LogP) is 2.56. The minimum Gasteiger partial charge on any atom is -0.322 e. The molecule has 1 aromatic carbocycles. The first-order chi connectivity index (χ1) is 5.65. The summed E-state index contributed by atoms with van der Waals surface area (Å²) < 4.78 is 25.3. The van der Waals surface area contributed by atoms with Crippen LogP contribution < -0.4 is 5.73 Å². The van der Waals surface area contributed by atoms with E-state index in [1.165, 1.54) is 12.1 Å². The van der Waals surface area contributed by atoms with Crippen LogP contribution in [0.1, 0.15) is 11.6 Å². The van der Waals surface area contributed by atoms with Gasteiger partial charge in [0.2, 0.25) is 0 Å². The van der Waals surface area contributed by atoms with E-state index in [4.69, 9.17) is 5.73 Å². The Morgan fingerprint density at radius 3 is 2.67 bits per heavy atom. The third-order valence-corrected chi connectivity index (χ3v) is 2.18. The van der Waals surface area contributed by atoms with Gasteiger partial charge in [-0.2, -0.15) is 0 Å². The van der Waals surface area contributed by atoms with Crippen molar-refractivity contribution in [2.24, 2.45) is 5.73 Å². The molecule has 0 unspecified atom stereocenters. The minimum atomic E-state index is -0.729. The fourth-order valence-corrected chi connectivity index (χ4v) is 1.08. The van der Waals surface area contributed by atoms with E-state index in [1.54, 1.807) is 6.07 Å². The molecule has 4 heteroatoms. The maximum atomic E-state index is 12.9. The summed E-state index contributed by atoms with van der Waals surface area (Å²) in [4.78, 5) is 0. The maximum Gasteiger partial charge on any atom is 0.137 e. The monoisotopic (exact) mass is 235 g/mol. The van der Waals surface area contributed by atoms with Crippen molar-refractivity contribution in [1.29, 1.82) is 0 Å². The van der Waals surface area contributed by atoms with E-state index in [-0.39, 0.29) is 0 Å². The molecule has 1 rings (SSSR count). The highest BCUT2D eigenvalue weighted by atomic mass is 79.9. The highest BCUT2D eigenvalue weighted by Crippen LogP contribution is 2.19. The molecule has 0 radical (unpaired) electrons. The Balaban J connectivity index is 2.96. The van der Waals surface area contributed by atoms with Gasteiger partial charge in [0.05, 0.1) is 10.5 Å². The van der Waals surface area contributed by atoms with E-state index in [1.807, 2.05) is 0 Å². The molecule has 2 N–H and O–H groups in total. The lowest BCUT2D eigenvalue weighted by atomic mass is 10.1. The van der Waals surface area contributed by atoms with E-state index in [2.05, 4.69) is 15.9 Å². The van der Waals surface area contributed by atoms with Crippen LogP contribution in [0, 0.1) is 5.82 Å². The molecule has 0 aliphatic heterocycles. The fourth-order valence-electron chi connectivity index (χ4n) is 0.832. The summed E-state index contributed by atoms with van der Waals surface area (Å²) >= 11 is 2.99. The van der Waals surface area contributed by atoms with Crippen LogP contribution in [0.15, 0.2) is 22.7 Å². The zero-order valence-corrected chi connectivity index (χ0v) is 7.81. The van der Waals surface area contributed by atoms with Gasteiger partial charge in [0.15, 0.2) is 0 Å². The molecule has 66 valence electrons. The van der Waals surface area contributed by atoms with E-state index < -0.39 is 18.5 Å². The van der Waals surface area contributed by atoms with Crippen molar-refractivity contribution >= 4 is 15.9 Å². The molecule has 1 atom stereocenters. The Kier molecular flexibility index (Phi) is 3.17. The second-order valence-corrected chi connectivity index (χ2v) is 3.29. The standard InChI is InChI=1S/C8H8BrF2N/c9-6-2-1-5(3-7(6)11)8(12)4-10/h1-3,8H,4,12H2/t8-/m1/s1. The van der Waals surface area contributed by atoms with Crippen LogP contribution in [0.4, 0.5) is 8.78 Å². The lowest BCUT2D eigenvalue weighted by molar-refractivity contribution is 0.436. The summed E-state index contributed by atoms with van der Waals surface area (Å²) in [6.07, 6.45) is 0. The SMILES string of the molecule is N[C@H](CF)c1ccc(Br)c(F)c1. The maximum absolute atomic E-state index is 12.9. The van der Waals surface area contributed by atoms with E-state index in [0.29, 0.717) is 10.0 Å². The largest absolute Gasteiger partial charge is 0.322 e.